The van der Waals surface area contributed by atoms with Crippen LogP contribution in [0.15, 0.2) is 12.1 Å². The average molecular weight is 272 g/mol. The molecule has 1 aromatic rings. The number of aliphatic hydroxyl groups excluding tert-OH is 1. The van der Waals surface area contributed by atoms with E-state index >= 15 is 0 Å². The summed E-state index contributed by atoms with van der Waals surface area (Å²) in [5, 5.41) is 10.5. The molecule has 0 radical (unpaired) electrons. The maximum atomic E-state index is 10.1. The third-order valence-corrected chi connectivity index (χ3v) is 3.74. The van der Waals surface area contributed by atoms with Gasteiger partial charge in [-0.15, -0.1) is 0 Å². The fraction of sp³-hybridized carbons (Fsp3) is 0.538. The molecule has 100 valence electrons. The van der Waals surface area contributed by atoms with Crippen molar-refractivity contribution in [3.8, 4) is 11.5 Å². The Balaban J connectivity index is 2.32. The fourth-order valence-electron chi connectivity index (χ4n) is 2.08. The van der Waals surface area contributed by atoms with Crippen molar-refractivity contribution in [3.63, 3.8) is 0 Å². The molecular weight excluding hydrogens is 254 g/mol. The summed E-state index contributed by atoms with van der Waals surface area (Å²) in [7, 11) is 3.07. The Hall–Kier alpha value is -0.970. The van der Waals surface area contributed by atoms with Gasteiger partial charge in [-0.25, -0.2) is 0 Å². The third kappa shape index (κ3) is 2.41. The average Bonchev–Trinajstić information content (AvgIpc) is 3.20. The molecule has 0 aliphatic heterocycles. The molecule has 3 N–H and O–H groups in total. The van der Waals surface area contributed by atoms with Gasteiger partial charge in [0, 0.05) is 0 Å². The summed E-state index contributed by atoms with van der Waals surface area (Å²) < 4.78 is 10.4. The van der Waals surface area contributed by atoms with Crippen LogP contribution < -0.4 is 15.2 Å². The SMILES string of the molecule is COc1ccc([C@@H](N)[C@@H](O)C2CC2)c(Cl)c1OC. The van der Waals surface area contributed by atoms with Crippen molar-refractivity contribution < 1.29 is 14.6 Å². The lowest BCUT2D eigenvalue weighted by Gasteiger charge is -2.21. The minimum absolute atomic E-state index is 0.296. The van der Waals surface area contributed by atoms with E-state index in [0.717, 1.165) is 12.8 Å². The van der Waals surface area contributed by atoms with Crippen LogP contribution in [0, 0.1) is 5.92 Å². The molecule has 0 bridgehead atoms. The summed E-state index contributed by atoms with van der Waals surface area (Å²) in [4.78, 5) is 0. The van der Waals surface area contributed by atoms with Crippen molar-refractivity contribution in [2.45, 2.75) is 25.0 Å². The summed E-state index contributed by atoms with van der Waals surface area (Å²) >= 11 is 6.26. The maximum Gasteiger partial charge on any atom is 0.179 e. The number of benzene rings is 1. The molecule has 1 fully saturated rings. The number of rotatable bonds is 5. The van der Waals surface area contributed by atoms with Crippen LogP contribution in [0.2, 0.25) is 5.02 Å². The minimum atomic E-state index is -0.555. The van der Waals surface area contributed by atoms with Gasteiger partial charge in [0.25, 0.3) is 0 Å². The zero-order valence-electron chi connectivity index (χ0n) is 10.5. The Morgan fingerprint density at radius 1 is 1.33 bits per heavy atom. The Bertz CT molecular complexity index is 434. The number of nitrogens with two attached hydrogens (primary N) is 1. The summed E-state index contributed by atoms with van der Waals surface area (Å²) in [5.41, 5.74) is 6.75. The van der Waals surface area contributed by atoms with Crippen LogP contribution in [0.4, 0.5) is 0 Å². The van der Waals surface area contributed by atoms with E-state index in [0.29, 0.717) is 28.0 Å². The fourth-order valence-corrected chi connectivity index (χ4v) is 2.44. The lowest BCUT2D eigenvalue weighted by atomic mass is 9.98. The molecule has 0 heterocycles. The summed E-state index contributed by atoms with van der Waals surface area (Å²) in [5.74, 6) is 1.30. The number of hydrogen-bond acceptors (Lipinski definition) is 4. The van der Waals surface area contributed by atoms with Crippen LogP contribution in [-0.4, -0.2) is 25.4 Å². The quantitative estimate of drug-likeness (QED) is 0.861. The zero-order chi connectivity index (χ0) is 13.3. The van der Waals surface area contributed by atoms with Gasteiger partial charge in [-0.1, -0.05) is 17.7 Å². The highest BCUT2D eigenvalue weighted by atomic mass is 35.5. The highest BCUT2D eigenvalue weighted by Crippen LogP contribution is 2.43. The lowest BCUT2D eigenvalue weighted by molar-refractivity contribution is 0.122. The molecule has 0 saturated heterocycles. The van der Waals surface area contributed by atoms with Gasteiger partial charge in [0.1, 0.15) is 0 Å². The molecule has 5 heteroatoms. The summed E-state index contributed by atoms with van der Waals surface area (Å²) in [6.07, 6.45) is 1.50. The van der Waals surface area contributed by atoms with Crippen molar-refractivity contribution in [1.29, 1.82) is 0 Å². The second kappa shape index (κ2) is 5.34. The first-order valence-corrected chi connectivity index (χ1v) is 6.32. The number of hydrogen-bond donors (Lipinski definition) is 2. The van der Waals surface area contributed by atoms with E-state index in [9.17, 15) is 5.11 Å². The van der Waals surface area contributed by atoms with Crippen LogP contribution in [0.3, 0.4) is 0 Å². The highest BCUT2D eigenvalue weighted by molar-refractivity contribution is 6.33. The Labute approximate surface area is 112 Å². The van der Waals surface area contributed by atoms with Crippen molar-refractivity contribution in [3.05, 3.63) is 22.7 Å². The zero-order valence-corrected chi connectivity index (χ0v) is 11.3. The van der Waals surface area contributed by atoms with Crippen LogP contribution in [0.5, 0.6) is 11.5 Å². The number of aliphatic hydroxyl groups is 1. The van der Waals surface area contributed by atoms with Gasteiger partial charge in [-0.3, -0.25) is 0 Å². The molecule has 4 nitrogen and oxygen atoms in total. The van der Waals surface area contributed by atoms with Gasteiger partial charge in [0.15, 0.2) is 11.5 Å². The monoisotopic (exact) mass is 271 g/mol. The molecular formula is C13H18ClNO3. The van der Waals surface area contributed by atoms with Gasteiger partial charge < -0.3 is 20.3 Å². The second-order valence-corrected chi connectivity index (χ2v) is 4.94. The van der Waals surface area contributed by atoms with Gasteiger partial charge in [0.05, 0.1) is 31.4 Å². The molecule has 2 rings (SSSR count). The van der Waals surface area contributed by atoms with Gasteiger partial charge >= 0.3 is 0 Å². The van der Waals surface area contributed by atoms with Gasteiger partial charge in [-0.2, -0.15) is 0 Å². The predicted molar refractivity (Wildman–Crippen MR) is 70.2 cm³/mol. The first kappa shape index (κ1) is 13.5. The van der Waals surface area contributed by atoms with Crippen molar-refractivity contribution in [2.24, 2.45) is 11.7 Å². The van der Waals surface area contributed by atoms with E-state index < -0.39 is 12.1 Å². The van der Waals surface area contributed by atoms with E-state index in [4.69, 9.17) is 26.8 Å². The van der Waals surface area contributed by atoms with E-state index in [1.165, 1.54) is 7.11 Å². The van der Waals surface area contributed by atoms with E-state index in [-0.39, 0.29) is 0 Å². The highest BCUT2D eigenvalue weighted by Gasteiger charge is 2.35. The molecule has 1 aliphatic carbocycles. The molecule has 0 spiro atoms. The molecule has 1 aliphatic rings. The Morgan fingerprint density at radius 3 is 2.50 bits per heavy atom. The number of methoxy groups -OCH3 is 2. The smallest absolute Gasteiger partial charge is 0.179 e. The molecule has 0 aromatic heterocycles. The van der Waals surface area contributed by atoms with Crippen LogP contribution in [0.25, 0.3) is 0 Å². The first-order chi connectivity index (χ1) is 8.60. The van der Waals surface area contributed by atoms with Crippen molar-refractivity contribution in [2.75, 3.05) is 14.2 Å². The van der Waals surface area contributed by atoms with E-state index in [1.807, 2.05) is 0 Å². The van der Waals surface area contributed by atoms with Crippen LogP contribution >= 0.6 is 11.6 Å². The van der Waals surface area contributed by atoms with Gasteiger partial charge in [-0.05, 0) is 30.4 Å². The lowest BCUT2D eigenvalue weighted by Crippen LogP contribution is -2.28. The molecule has 0 amide bonds. The maximum absolute atomic E-state index is 10.1. The van der Waals surface area contributed by atoms with Crippen molar-refractivity contribution in [1.82, 2.24) is 0 Å². The normalized spacial score (nSPS) is 18.3. The molecule has 2 atom stereocenters. The van der Waals surface area contributed by atoms with Crippen molar-refractivity contribution >= 4 is 11.6 Å². The predicted octanol–water partition coefficient (Wildman–Crippen LogP) is 2.13. The largest absolute Gasteiger partial charge is 0.493 e. The molecule has 1 aromatic carbocycles. The molecule has 18 heavy (non-hydrogen) atoms. The summed E-state index contributed by atoms with van der Waals surface area (Å²) in [6, 6.07) is 3.03. The number of halogens is 1. The second-order valence-electron chi connectivity index (χ2n) is 4.56. The van der Waals surface area contributed by atoms with E-state index in [1.54, 1.807) is 19.2 Å². The van der Waals surface area contributed by atoms with E-state index in [2.05, 4.69) is 0 Å². The summed E-state index contributed by atoms with van der Waals surface area (Å²) in [6.45, 7) is 0. The standard InChI is InChI=1S/C13H18ClNO3/c1-17-9-6-5-8(10(14)13(9)18-2)11(15)12(16)7-3-4-7/h5-7,11-12,16H,3-4,15H2,1-2H3/t11-,12+/m1/s1. The Kier molecular flexibility index (Phi) is 4.00. The first-order valence-electron chi connectivity index (χ1n) is 5.94. The van der Waals surface area contributed by atoms with Crippen LogP contribution in [-0.2, 0) is 0 Å². The van der Waals surface area contributed by atoms with Crippen LogP contribution in [0.1, 0.15) is 24.4 Å². The topological polar surface area (TPSA) is 64.7 Å². The molecule has 0 unspecified atom stereocenters. The third-order valence-electron chi connectivity index (χ3n) is 3.35. The van der Waals surface area contributed by atoms with Gasteiger partial charge in [0.2, 0.25) is 0 Å². The Morgan fingerprint density at radius 2 is 2.00 bits per heavy atom. The minimum Gasteiger partial charge on any atom is -0.493 e. The molecule has 1 saturated carbocycles. The number of ether oxygens (including phenoxy) is 2.